The molecule has 0 radical (unpaired) electrons. The fourth-order valence-electron chi connectivity index (χ4n) is 2.94. The molecular weight excluding hydrogens is 448 g/mol. The van der Waals surface area contributed by atoms with E-state index < -0.39 is 11.8 Å². The zero-order chi connectivity index (χ0) is 25.0. The van der Waals surface area contributed by atoms with Crippen LogP contribution in [0.2, 0.25) is 0 Å². The number of ether oxygens (including phenoxy) is 2. The van der Waals surface area contributed by atoms with Gasteiger partial charge >= 0.3 is 11.8 Å². The number of anilines is 1. The molecule has 3 rings (SSSR count). The Hall–Kier alpha value is -4.66. The van der Waals surface area contributed by atoms with Gasteiger partial charge in [0.1, 0.15) is 0 Å². The molecule has 0 aliphatic rings. The predicted molar refractivity (Wildman–Crippen MR) is 132 cm³/mol. The van der Waals surface area contributed by atoms with Gasteiger partial charge in [-0.2, -0.15) is 5.10 Å². The van der Waals surface area contributed by atoms with E-state index in [4.69, 9.17) is 9.47 Å². The molecule has 9 nitrogen and oxygen atoms in total. The number of nitrogens with zero attached hydrogens (tertiary/aromatic N) is 1. The average Bonchev–Trinajstić information content (AvgIpc) is 2.88. The standard InChI is InChI=1S/C26H26N4O5/c1-18-8-11-21(12-9-18)29-24(31)17-35-22-13-10-20(14-23(22)34-2)16-28-30-26(33)25(32)27-15-19-6-4-3-5-7-19/h3-14,16H,15,17H2,1-2H3,(H,27,32)(H,29,31)(H,30,33)/b28-16-. The van der Waals surface area contributed by atoms with Crippen molar-refractivity contribution in [3.63, 3.8) is 0 Å². The topological polar surface area (TPSA) is 118 Å². The van der Waals surface area contributed by atoms with E-state index in [1.165, 1.54) is 13.3 Å². The molecule has 3 aromatic carbocycles. The molecule has 0 heterocycles. The molecule has 0 fully saturated rings. The Morgan fingerprint density at radius 1 is 0.914 bits per heavy atom. The van der Waals surface area contributed by atoms with Crippen molar-refractivity contribution in [1.29, 1.82) is 0 Å². The molecule has 3 aromatic rings. The summed E-state index contributed by atoms with van der Waals surface area (Å²) < 4.78 is 10.9. The highest BCUT2D eigenvalue weighted by molar-refractivity contribution is 6.35. The second-order valence-corrected chi connectivity index (χ2v) is 7.48. The Kier molecular flexibility index (Phi) is 8.95. The Bertz CT molecular complexity index is 1190. The lowest BCUT2D eigenvalue weighted by atomic mass is 10.2. The lowest BCUT2D eigenvalue weighted by molar-refractivity contribution is -0.139. The third-order valence-corrected chi connectivity index (χ3v) is 4.76. The predicted octanol–water partition coefficient (Wildman–Crippen LogP) is 2.79. The highest BCUT2D eigenvalue weighted by Gasteiger charge is 2.12. The fourth-order valence-corrected chi connectivity index (χ4v) is 2.94. The molecule has 0 aromatic heterocycles. The molecular formula is C26H26N4O5. The zero-order valence-electron chi connectivity index (χ0n) is 19.4. The maximum absolute atomic E-state index is 12.2. The van der Waals surface area contributed by atoms with Crippen molar-refractivity contribution in [2.45, 2.75) is 13.5 Å². The quantitative estimate of drug-likeness (QED) is 0.250. The average molecular weight is 475 g/mol. The Morgan fingerprint density at radius 2 is 1.66 bits per heavy atom. The van der Waals surface area contributed by atoms with Gasteiger partial charge in [-0.05, 0) is 48.4 Å². The van der Waals surface area contributed by atoms with Crippen molar-refractivity contribution in [3.8, 4) is 11.5 Å². The number of methoxy groups -OCH3 is 1. The van der Waals surface area contributed by atoms with E-state index in [0.29, 0.717) is 22.7 Å². The van der Waals surface area contributed by atoms with Gasteiger partial charge in [-0.25, -0.2) is 5.43 Å². The first-order valence-corrected chi connectivity index (χ1v) is 10.8. The van der Waals surface area contributed by atoms with Gasteiger partial charge in [0, 0.05) is 12.2 Å². The van der Waals surface area contributed by atoms with Gasteiger partial charge in [0.25, 0.3) is 5.91 Å². The Morgan fingerprint density at radius 3 is 2.37 bits per heavy atom. The number of hydrazone groups is 1. The number of benzene rings is 3. The molecule has 0 aliphatic carbocycles. The molecule has 180 valence electrons. The van der Waals surface area contributed by atoms with Gasteiger partial charge in [-0.1, -0.05) is 48.0 Å². The van der Waals surface area contributed by atoms with Crippen LogP contribution >= 0.6 is 0 Å². The Balaban J connectivity index is 1.48. The SMILES string of the molecule is COc1cc(/C=N\NC(=O)C(=O)NCc2ccccc2)ccc1OCC(=O)Nc1ccc(C)cc1. The van der Waals surface area contributed by atoms with Crippen molar-refractivity contribution in [1.82, 2.24) is 10.7 Å². The monoisotopic (exact) mass is 474 g/mol. The van der Waals surface area contributed by atoms with Gasteiger partial charge in [0.05, 0.1) is 13.3 Å². The number of nitrogens with one attached hydrogen (secondary N) is 3. The van der Waals surface area contributed by atoms with E-state index in [1.54, 1.807) is 18.2 Å². The number of hydrogen-bond acceptors (Lipinski definition) is 6. The first kappa shape index (κ1) is 25.0. The number of aryl methyl sites for hydroxylation is 1. The molecule has 3 amide bonds. The minimum absolute atomic E-state index is 0.203. The molecule has 0 saturated heterocycles. The third kappa shape index (κ3) is 8.01. The van der Waals surface area contributed by atoms with Crippen molar-refractivity contribution >= 4 is 29.6 Å². The molecule has 3 N–H and O–H groups in total. The Labute approximate surface area is 203 Å². The number of rotatable bonds is 9. The maximum Gasteiger partial charge on any atom is 0.329 e. The number of amides is 3. The van der Waals surface area contributed by atoms with Gasteiger partial charge < -0.3 is 20.1 Å². The van der Waals surface area contributed by atoms with Crippen LogP contribution in [-0.4, -0.2) is 37.7 Å². The van der Waals surface area contributed by atoms with Crippen LogP contribution in [0, 0.1) is 6.92 Å². The summed E-state index contributed by atoms with van der Waals surface area (Å²) >= 11 is 0. The van der Waals surface area contributed by atoms with Crippen molar-refractivity contribution < 1.29 is 23.9 Å². The molecule has 0 saturated carbocycles. The lowest BCUT2D eigenvalue weighted by Gasteiger charge is -2.11. The summed E-state index contributed by atoms with van der Waals surface area (Å²) in [4.78, 5) is 36.0. The molecule has 0 aliphatic heterocycles. The molecule has 35 heavy (non-hydrogen) atoms. The summed E-state index contributed by atoms with van der Waals surface area (Å²) in [6, 6.07) is 21.6. The first-order valence-electron chi connectivity index (χ1n) is 10.8. The summed E-state index contributed by atoms with van der Waals surface area (Å²) in [5.74, 6) is -1.24. The van der Waals surface area contributed by atoms with Gasteiger partial charge in [0.2, 0.25) is 0 Å². The van der Waals surface area contributed by atoms with E-state index in [2.05, 4.69) is 21.2 Å². The lowest BCUT2D eigenvalue weighted by Crippen LogP contribution is -2.37. The highest BCUT2D eigenvalue weighted by Crippen LogP contribution is 2.27. The number of carbonyl (C=O) groups excluding carboxylic acids is 3. The number of carbonyl (C=O) groups is 3. The summed E-state index contributed by atoms with van der Waals surface area (Å²) in [6.07, 6.45) is 1.36. The van der Waals surface area contributed by atoms with Crippen LogP contribution in [0.15, 0.2) is 77.9 Å². The van der Waals surface area contributed by atoms with Crippen molar-refractivity contribution in [2.75, 3.05) is 19.0 Å². The minimum atomic E-state index is -0.885. The van der Waals surface area contributed by atoms with E-state index in [-0.39, 0.29) is 19.1 Å². The molecule has 9 heteroatoms. The summed E-state index contributed by atoms with van der Waals surface area (Å²) in [5, 5.41) is 9.08. The van der Waals surface area contributed by atoms with Gasteiger partial charge in [0.15, 0.2) is 18.1 Å². The largest absolute Gasteiger partial charge is 0.493 e. The summed E-state index contributed by atoms with van der Waals surface area (Å²) in [5.41, 5.74) is 5.42. The highest BCUT2D eigenvalue weighted by atomic mass is 16.5. The van der Waals surface area contributed by atoms with Gasteiger partial charge in [-0.15, -0.1) is 0 Å². The third-order valence-electron chi connectivity index (χ3n) is 4.76. The van der Waals surface area contributed by atoms with Crippen LogP contribution in [0.5, 0.6) is 11.5 Å². The maximum atomic E-state index is 12.2. The molecule has 0 unspecified atom stereocenters. The van der Waals surface area contributed by atoms with Crippen LogP contribution in [0.4, 0.5) is 5.69 Å². The molecule has 0 bridgehead atoms. The molecule has 0 spiro atoms. The molecule has 0 atom stereocenters. The second-order valence-electron chi connectivity index (χ2n) is 7.48. The summed E-state index contributed by atoms with van der Waals surface area (Å²) in [6.45, 7) is 2.00. The van der Waals surface area contributed by atoms with Crippen LogP contribution in [0.25, 0.3) is 0 Å². The smallest absolute Gasteiger partial charge is 0.329 e. The fraction of sp³-hybridized carbons (Fsp3) is 0.154. The van der Waals surface area contributed by atoms with E-state index in [1.807, 2.05) is 61.5 Å². The number of hydrogen-bond donors (Lipinski definition) is 3. The van der Waals surface area contributed by atoms with Crippen LogP contribution in [0.3, 0.4) is 0 Å². The zero-order valence-corrected chi connectivity index (χ0v) is 19.4. The van der Waals surface area contributed by atoms with Gasteiger partial charge in [-0.3, -0.25) is 14.4 Å². The van der Waals surface area contributed by atoms with Crippen LogP contribution in [-0.2, 0) is 20.9 Å². The van der Waals surface area contributed by atoms with Crippen LogP contribution in [0.1, 0.15) is 16.7 Å². The van der Waals surface area contributed by atoms with E-state index in [0.717, 1.165) is 11.1 Å². The first-order chi connectivity index (χ1) is 16.9. The van der Waals surface area contributed by atoms with E-state index >= 15 is 0 Å². The normalized spacial score (nSPS) is 10.5. The second kappa shape index (κ2) is 12.5. The summed E-state index contributed by atoms with van der Waals surface area (Å²) in [7, 11) is 1.47. The minimum Gasteiger partial charge on any atom is -0.493 e. The van der Waals surface area contributed by atoms with Crippen molar-refractivity contribution in [2.24, 2.45) is 5.10 Å². The van der Waals surface area contributed by atoms with Crippen molar-refractivity contribution in [3.05, 3.63) is 89.5 Å². The van der Waals surface area contributed by atoms with Crippen LogP contribution < -0.4 is 25.5 Å². The van der Waals surface area contributed by atoms with E-state index in [9.17, 15) is 14.4 Å².